The molecule has 1 aliphatic rings. The summed E-state index contributed by atoms with van der Waals surface area (Å²) in [5.74, 6) is 0.940. The van der Waals surface area contributed by atoms with Crippen molar-refractivity contribution in [2.24, 2.45) is 0 Å². The topological polar surface area (TPSA) is 59.6 Å². The first-order valence-corrected chi connectivity index (χ1v) is 10.0. The predicted molar refractivity (Wildman–Crippen MR) is 119 cm³/mol. The number of halogens is 2. The number of thiocarbonyl (C=S) groups is 1. The van der Waals surface area contributed by atoms with Gasteiger partial charge in [-0.25, -0.2) is 0 Å². The molecule has 1 aliphatic heterocycles. The lowest BCUT2D eigenvalue weighted by atomic mass is 9.92. The van der Waals surface area contributed by atoms with E-state index < -0.39 is 6.04 Å². The quantitative estimate of drug-likeness (QED) is 0.606. The van der Waals surface area contributed by atoms with Gasteiger partial charge in [0.25, 0.3) is 0 Å². The van der Waals surface area contributed by atoms with Crippen molar-refractivity contribution in [3.63, 3.8) is 0 Å². The van der Waals surface area contributed by atoms with Gasteiger partial charge in [-0.3, -0.25) is 4.79 Å². The van der Waals surface area contributed by atoms with E-state index in [4.69, 9.17) is 44.9 Å². The largest absolute Gasteiger partial charge is 0.493 e. The van der Waals surface area contributed by atoms with E-state index in [1.807, 2.05) is 19.1 Å². The van der Waals surface area contributed by atoms with Gasteiger partial charge in [-0.1, -0.05) is 41.4 Å². The third kappa shape index (κ3) is 4.50. The van der Waals surface area contributed by atoms with E-state index in [1.54, 1.807) is 31.4 Å². The van der Waals surface area contributed by atoms with Crippen molar-refractivity contribution in [3.05, 3.63) is 68.8 Å². The number of para-hydroxylation sites is 1. The van der Waals surface area contributed by atoms with Gasteiger partial charge in [0.05, 0.1) is 13.2 Å². The van der Waals surface area contributed by atoms with Gasteiger partial charge in [-0.15, -0.1) is 0 Å². The highest BCUT2D eigenvalue weighted by Crippen LogP contribution is 2.40. The molecule has 0 aliphatic carbocycles. The van der Waals surface area contributed by atoms with Gasteiger partial charge in [0.15, 0.2) is 22.4 Å². The zero-order valence-corrected chi connectivity index (χ0v) is 18.5. The number of ether oxygens (including phenoxy) is 2. The zero-order chi connectivity index (χ0) is 21.1. The molecule has 152 valence electrons. The number of Topliss-reactive ketones (excluding diaryl/α,β-unsaturated/α-hetero) is 1. The number of rotatable bonds is 6. The highest BCUT2D eigenvalue weighted by molar-refractivity contribution is 7.80. The van der Waals surface area contributed by atoms with Gasteiger partial charge >= 0.3 is 0 Å². The fraction of sp³-hybridized carbons (Fsp3) is 0.238. The minimum atomic E-state index is -0.479. The second kappa shape index (κ2) is 9.03. The molecule has 1 unspecified atom stereocenters. The first kappa shape index (κ1) is 21.4. The molecule has 0 amide bonds. The molecule has 0 bridgehead atoms. The standard InChI is InChI=1S/C21H20Cl2N2O3S/c1-11-18(12(2)26)19(25-21(29)24-11)13-6-4-9-17(27-3)20(13)28-10-14-15(22)7-5-8-16(14)23/h4-9,19H,10H2,1-3H3,(H2,24,25,29). The normalized spacial score (nSPS) is 16.2. The molecule has 2 N–H and O–H groups in total. The van der Waals surface area contributed by atoms with E-state index in [2.05, 4.69) is 10.6 Å². The number of benzene rings is 2. The van der Waals surface area contributed by atoms with Crippen molar-refractivity contribution < 1.29 is 14.3 Å². The molecule has 0 radical (unpaired) electrons. The molecule has 0 spiro atoms. The second-order valence-corrected chi connectivity index (χ2v) is 7.72. The van der Waals surface area contributed by atoms with Crippen LogP contribution in [0.25, 0.3) is 0 Å². The van der Waals surface area contributed by atoms with E-state index in [1.165, 1.54) is 6.92 Å². The number of methoxy groups -OCH3 is 1. The maximum atomic E-state index is 12.3. The molecule has 29 heavy (non-hydrogen) atoms. The fourth-order valence-corrected chi connectivity index (χ4v) is 4.06. The van der Waals surface area contributed by atoms with Gasteiger partial charge in [0, 0.05) is 32.4 Å². The van der Waals surface area contributed by atoms with Gasteiger partial charge in [0.2, 0.25) is 0 Å². The highest BCUT2D eigenvalue weighted by atomic mass is 35.5. The Hall–Kier alpha value is -2.28. The number of nitrogens with one attached hydrogen (secondary N) is 2. The maximum absolute atomic E-state index is 12.3. The van der Waals surface area contributed by atoms with E-state index in [0.717, 1.165) is 5.56 Å². The summed E-state index contributed by atoms with van der Waals surface area (Å²) in [6, 6.07) is 10.3. The van der Waals surface area contributed by atoms with Crippen LogP contribution >= 0.6 is 35.4 Å². The Labute approximate surface area is 185 Å². The summed E-state index contributed by atoms with van der Waals surface area (Å²) in [5, 5.41) is 7.61. The van der Waals surface area contributed by atoms with Crippen LogP contribution in [0.4, 0.5) is 0 Å². The SMILES string of the molecule is COc1cccc(C2NC(=S)NC(C)=C2C(C)=O)c1OCc1c(Cl)cccc1Cl. The molecule has 8 heteroatoms. The Bertz CT molecular complexity index is 987. The van der Waals surface area contributed by atoms with Crippen LogP contribution in [-0.4, -0.2) is 18.0 Å². The highest BCUT2D eigenvalue weighted by Gasteiger charge is 2.31. The van der Waals surface area contributed by atoms with Crippen LogP contribution in [-0.2, 0) is 11.4 Å². The third-order valence-corrected chi connectivity index (χ3v) is 5.54. The number of allylic oxidation sites excluding steroid dienone is 1. The number of hydrogen-bond acceptors (Lipinski definition) is 4. The summed E-state index contributed by atoms with van der Waals surface area (Å²) < 4.78 is 11.6. The molecule has 0 fully saturated rings. The molecule has 0 saturated carbocycles. The van der Waals surface area contributed by atoms with Crippen LogP contribution in [0.15, 0.2) is 47.7 Å². The summed E-state index contributed by atoms with van der Waals surface area (Å²) in [6.07, 6.45) is 0. The first-order valence-electron chi connectivity index (χ1n) is 8.85. The van der Waals surface area contributed by atoms with Gasteiger partial charge in [0.1, 0.15) is 6.61 Å². The van der Waals surface area contributed by atoms with Gasteiger partial charge in [-0.05, 0) is 44.3 Å². The third-order valence-electron chi connectivity index (χ3n) is 4.61. The number of carbonyl (C=O) groups is 1. The molecule has 1 heterocycles. The van der Waals surface area contributed by atoms with Crippen molar-refractivity contribution in [2.75, 3.05) is 7.11 Å². The van der Waals surface area contributed by atoms with Crippen LogP contribution in [0.2, 0.25) is 10.0 Å². The second-order valence-electron chi connectivity index (χ2n) is 6.49. The Morgan fingerprint density at radius 2 is 1.83 bits per heavy atom. The van der Waals surface area contributed by atoms with E-state index in [-0.39, 0.29) is 12.4 Å². The summed E-state index contributed by atoms with van der Waals surface area (Å²) in [5.41, 5.74) is 2.67. The van der Waals surface area contributed by atoms with Crippen LogP contribution in [0.5, 0.6) is 11.5 Å². The lowest BCUT2D eigenvalue weighted by Crippen LogP contribution is -2.44. The van der Waals surface area contributed by atoms with Crippen molar-refractivity contribution in [3.8, 4) is 11.5 Å². The molecular formula is C21H20Cl2N2O3S. The van der Waals surface area contributed by atoms with Crippen LogP contribution in [0, 0.1) is 0 Å². The van der Waals surface area contributed by atoms with Gasteiger partial charge in [-0.2, -0.15) is 0 Å². The van der Waals surface area contributed by atoms with E-state index >= 15 is 0 Å². The van der Waals surface area contributed by atoms with Crippen molar-refractivity contribution in [1.82, 2.24) is 10.6 Å². The Kier molecular flexibility index (Phi) is 6.67. The molecule has 5 nitrogen and oxygen atoms in total. The molecule has 0 saturated heterocycles. The maximum Gasteiger partial charge on any atom is 0.171 e. The van der Waals surface area contributed by atoms with Gasteiger partial charge < -0.3 is 20.1 Å². The van der Waals surface area contributed by atoms with Crippen LogP contribution in [0.3, 0.4) is 0 Å². The molecule has 0 aromatic heterocycles. The molecular weight excluding hydrogens is 431 g/mol. The monoisotopic (exact) mass is 450 g/mol. The number of carbonyl (C=O) groups excluding carboxylic acids is 1. The Balaban J connectivity index is 2.05. The first-order chi connectivity index (χ1) is 13.8. The van der Waals surface area contributed by atoms with Crippen LogP contribution < -0.4 is 20.1 Å². The summed E-state index contributed by atoms with van der Waals surface area (Å²) in [7, 11) is 1.56. The average Bonchev–Trinajstić information content (AvgIpc) is 2.66. The van der Waals surface area contributed by atoms with Crippen molar-refractivity contribution >= 4 is 46.3 Å². The summed E-state index contributed by atoms with van der Waals surface area (Å²) in [6.45, 7) is 3.48. The summed E-state index contributed by atoms with van der Waals surface area (Å²) in [4.78, 5) is 12.3. The molecule has 2 aromatic carbocycles. The zero-order valence-electron chi connectivity index (χ0n) is 16.1. The smallest absolute Gasteiger partial charge is 0.171 e. The fourth-order valence-electron chi connectivity index (χ4n) is 3.28. The summed E-state index contributed by atoms with van der Waals surface area (Å²) >= 11 is 17.9. The predicted octanol–water partition coefficient (Wildman–Crippen LogP) is 4.96. The number of hydrogen-bond donors (Lipinski definition) is 2. The number of ketones is 1. The molecule has 1 atom stereocenters. The minimum Gasteiger partial charge on any atom is -0.493 e. The molecule has 2 aromatic rings. The minimum absolute atomic E-state index is 0.0714. The van der Waals surface area contributed by atoms with E-state index in [9.17, 15) is 4.79 Å². The lowest BCUT2D eigenvalue weighted by Gasteiger charge is -2.31. The van der Waals surface area contributed by atoms with Crippen molar-refractivity contribution in [2.45, 2.75) is 26.5 Å². The van der Waals surface area contributed by atoms with Crippen LogP contribution in [0.1, 0.15) is 31.0 Å². The van der Waals surface area contributed by atoms with Crippen molar-refractivity contribution in [1.29, 1.82) is 0 Å². The Morgan fingerprint density at radius 1 is 1.17 bits per heavy atom. The lowest BCUT2D eigenvalue weighted by molar-refractivity contribution is -0.114. The average molecular weight is 451 g/mol. The Morgan fingerprint density at radius 3 is 2.45 bits per heavy atom. The molecule has 3 rings (SSSR count). The van der Waals surface area contributed by atoms with E-state index in [0.29, 0.717) is 43.5 Å².